The van der Waals surface area contributed by atoms with Crippen molar-refractivity contribution in [3.05, 3.63) is 12.2 Å². The SMILES string of the molecule is CC(C(=O)O)C(C)c1nncn1C1CCCCC1. The normalized spacial score (nSPS) is 20.6. The van der Waals surface area contributed by atoms with E-state index in [9.17, 15) is 4.79 Å². The van der Waals surface area contributed by atoms with Crippen molar-refractivity contribution in [1.29, 1.82) is 0 Å². The van der Waals surface area contributed by atoms with Gasteiger partial charge in [-0.15, -0.1) is 10.2 Å². The highest BCUT2D eigenvalue weighted by molar-refractivity contribution is 5.70. The second-order valence-corrected chi connectivity index (χ2v) is 5.30. The van der Waals surface area contributed by atoms with Gasteiger partial charge in [0.1, 0.15) is 12.2 Å². The Balaban J connectivity index is 2.18. The lowest BCUT2D eigenvalue weighted by molar-refractivity contribution is -0.141. The van der Waals surface area contributed by atoms with E-state index >= 15 is 0 Å². The zero-order chi connectivity index (χ0) is 13.1. The van der Waals surface area contributed by atoms with Crippen molar-refractivity contribution in [2.45, 2.75) is 57.9 Å². The monoisotopic (exact) mass is 251 g/mol. The van der Waals surface area contributed by atoms with Gasteiger partial charge in [0.05, 0.1) is 5.92 Å². The number of aliphatic carboxylic acids is 1. The minimum atomic E-state index is -0.777. The van der Waals surface area contributed by atoms with Gasteiger partial charge in [0.15, 0.2) is 0 Å². The number of carboxylic acids is 1. The van der Waals surface area contributed by atoms with Crippen LogP contribution in [-0.4, -0.2) is 25.8 Å². The summed E-state index contributed by atoms with van der Waals surface area (Å²) in [5, 5.41) is 17.2. The lowest BCUT2D eigenvalue weighted by Gasteiger charge is -2.26. The summed E-state index contributed by atoms with van der Waals surface area (Å²) >= 11 is 0. The van der Waals surface area contributed by atoms with E-state index < -0.39 is 11.9 Å². The quantitative estimate of drug-likeness (QED) is 0.893. The van der Waals surface area contributed by atoms with Crippen LogP contribution < -0.4 is 0 Å². The van der Waals surface area contributed by atoms with Crippen molar-refractivity contribution in [1.82, 2.24) is 14.8 Å². The van der Waals surface area contributed by atoms with Crippen LogP contribution in [0, 0.1) is 5.92 Å². The molecule has 1 aliphatic carbocycles. The van der Waals surface area contributed by atoms with E-state index in [0.29, 0.717) is 6.04 Å². The van der Waals surface area contributed by atoms with Gasteiger partial charge in [0, 0.05) is 12.0 Å². The topological polar surface area (TPSA) is 68.0 Å². The van der Waals surface area contributed by atoms with E-state index in [4.69, 9.17) is 5.11 Å². The van der Waals surface area contributed by atoms with E-state index in [1.807, 2.05) is 6.92 Å². The van der Waals surface area contributed by atoms with Crippen LogP contribution in [0.3, 0.4) is 0 Å². The summed E-state index contributed by atoms with van der Waals surface area (Å²) < 4.78 is 2.10. The van der Waals surface area contributed by atoms with Gasteiger partial charge in [-0.2, -0.15) is 0 Å². The van der Waals surface area contributed by atoms with Gasteiger partial charge in [0.2, 0.25) is 0 Å². The molecule has 1 N–H and O–H groups in total. The first kappa shape index (κ1) is 13.1. The van der Waals surface area contributed by atoms with Crippen molar-refractivity contribution in [3.8, 4) is 0 Å². The van der Waals surface area contributed by atoms with E-state index in [2.05, 4.69) is 14.8 Å². The number of rotatable bonds is 4. The summed E-state index contributed by atoms with van der Waals surface area (Å²) in [5.74, 6) is -0.499. The molecule has 0 bridgehead atoms. The molecule has 5 heteroatoms. The van der Waals surface area contributed by atoms with E-state index in [1.165, 1.54) is 19.3 Å². The summed E-state index contributed by atoms with van der Waals surface area (Å²) in [6, 6.07) is 0.451. The largest absolute Gasteiger partial charge is 0.481 e. The molecule has 1 aliphatic rings. The van der Waals surface area contributed by atoms with Gasteiger partial charge in [0.25, 0.3) is 0 Å². The molecule has 1 saturated carbocycles. The Bertz CT molecular complexity index is 410. The van der Waals surface area contributed by atoms with Crippen LogP contribution in [0.5, 0.6) is 0 Å². The molecule has 0 radical (unpaired) electrons. The first-order chi connectivity index (χ1) is 8.61. The maximum Gasteiger partial charge on any atom is 0.306 e. The average Bonchev–Trinajstić information content (AvgIpc) is 2.87. The molecule has 100 valence electrons. The lowest BCUT2D eigenvalue weighted by Crippen LogP contribution is -2.22. The molecule has 0 spiro atoms. The summed E-state index contributed by atoms with van der Waals surface area (Å²) in [7, 11) is 0. The molecule has 2 unspecified atom stereocenters. The molecule has 0 aromatic carbocycles. The van der Waals surface area contributed by atoms with Crippen LogP contribution in [0.2, 0.25) is 0 Å². The summed E-state index contributed by atoms with van der Waals surface area (Å²) in [6.07, 6.45) is 7.85. The van der Waals surface area contributed by atoms with Gasteiger partial charge >= 0.3 is 5.97 Å². The zero-order valence-electron chi connectivity index (χ0n) is 11.0. The van der Waals surface area contributed by atoms with Gasteiger partial charge < -0.3 is 9.67 Å². The minimum Gasteiger partial charge on any atom is -0.481 e. The molecule has 1 aromatic heterocycles. The molecule has 0 aliphatic heterocycles. The first-order valence-corrected chi connectivity index (χ1v) is 6.73. The Morgan fingerprint density at radius 2 is 2.06 bits per heavy atom. The fourth-order valence-electron chi connectivity index (χ4n) is 2.66. The third kappa shape index (κ3) is 2.54. The molecule has 1 fully saturated rings. The van der Waals surface area contributed by atoms with Crippen LogP contribution in [0.25, 0.3) is 0 Å². The molecule has 2 atom stereocenters. The van der Waals surface area contributed by atoms with Crippen molar-refractivity contribution < 1.29 is 9.90 Å². The minimum absolute atomic E-state index is 0.105. The molecule has 2 rings (SSSR count). The Morgan fingerprint density at radius 3 is 2.67 bits per heavy atom. The highest BCUT2D eigenvalue weighted by atomic mass is 16.4. The molecular weight excluding hydrogens is 230 g/mol. The summed E-state index contributed by atoms with van der Waals surface area (Å²) in [4.78, 5) is 11.1. The standard InChI is InChI=1S/C13H21N3O2/c1-9(10(2)13(17)18)12-15-14-8-16(12)11-6-4-3-5-7-11/h8-11H,3-7H2,1-2H3,(H,17,18). The fraction of sp³-hybridized carbons (Fsp3) is 0.769. The second kappa shape index (κ2) is 5.50. The van der Waals surface area contributed by atoms with Crippen LogP contribution in [-0.2, 0) is 4.79 Å². The third-order valence-corrected chi connectivity index (χ3v) is 4.12. The molecular formula is C13H21N3O2. The highest BCUT2D eigenvalue weighted by Crippen LogP contribution is 2.32. The van der Waals surface area contributed by atoms with E-state index in [1.54, 1.807) is 13.3 Å². The molecule has 5 nitrogen and oxygen atoms in total. The highest BCUT2D eigenvalue weighted by Gasteiger charge is 2.27. The number of carboxylic acid groups (broad SMARTS) is 1. The predicted molar refractivity (Wildman–Crippen MR) is 67.4 cm³/mol. The molecule has 1 aromatic rings. The average molecular weight is 251 g/mol. The Labute approximate surface area is 107 Å². The van der Waals surface area contributed by atoms with Gasteiger partial charge in [-0.3, -0.25) is 4.79 Å². The van der Waals surface area contributed by atoms with Crippen molar-refractivity contribution in [2.75, 3.05) is 0 Å². The van der Waals surface area contributed by atoms with Crippen molar-refractivity contribution in [2.24, 2.45) is 5.92 Å². The number of aromatic nitrogens is 3. The Hall–Kier alpha value is -1.39. The van der Waals surface area contributed by atoms with Crippen LogP contribution in [0.1, 0.15) is 63.7 Å². The maximum absolute atomic E-state index is 11.1. The second-order valence-electron chi connectivity index (χ2n) is 5.30. The third-order valence-electron chi connectivity index (χ3n) is 4.12. The van der Waals surface area contributed by atoms with Crippen LogP contribution in [0.15, 0.2) is 6.33 Å². The van der Waals surface area contributed by atoms with Crippen molar-refractivity contribution >= 4 is 5.97 Å². The fourth-order valence-corrected chi connectivity index (χ4v) is 2.66. The smallest absolute Gasteiger partial charge is 0.306 e. The maximum atomic E-state index is 11.1. The summed E-state index contributed by atoms with van der Waals surface area (Å²) in [5.41, 5.74) is 0. The molecule has 1 heterocycles. The van der Waals surface area contributed by atoms with Gasteiger partial charge in [-0.1, -0.05) is 33.1 Å². The zero-order valence-corrected chi connectivity index (χ0v) is 11.0. The molecule has 0 saturated heterocycles. The van der Waals surface area contributed by atoms with Gasteiger partial charge in [-0.25, -0.2) is 0 Å². The Morgan fingerprint density at radius 1 is 1.39 bits per heavy atom. The number of nitrogens with zero attached hydrogens (tertiary/aromatic N) is 3. The predicted octanol–water partition coefficient (Wildman–Crippen LogP) is 2.61. The first-order valence-electron chi connectivity index (χ1n) is 6.73. The van der Waals surface area contributed by atoms with Crippen molar-refractivity contribution in [3.63, 3.8) is 0 Å². The number of carbonyl (C=O) groups is 1. The van der Waals surface area contributed by atoms with Crippen LogP contribution >= 0.6 is 0 Å². The lowest BCUT2D eigenvalue weighted by atomic mass is 9.92. The number of hydrogen-bond acceptors (Lipinski definition) is 3. The van der Waals surface area contributed by atoms with Crippen LogP contribution in [0.4, 0.5) is 0 Å². The van der Waals surface area contributed by atoms with E-state index in [0.717, 1.165) is 18.7 Å². The Kier molecular flexibility index (Phi) is 3.99. The summed E-state index contributed by atoms with van der Waals surface area (Å²) in [6.45, 7) is 3.65. The number of hydrogen-bond donors (Lipinski definition) is 1. The molecule has 0 amide bonds. The van der Waals surface area contributed by atoms with E-state index in [-0.39, 0.29) is 5.92 Å². The molecule has 18 heavy (non-hydrogen) atoms. The van der Waals surface area contributed by atoms with Gasteiger partial charge in [-0.05, 0) is 12.8 Å².